The molecular formula is C20H25NO. The number of hydrogen-bond donors (Lipinski definition) is 1. The summed E-state index contributed by atoms with van der Waals surface area (Å²) in [6.45, 7) is 6.92. The molecule has 1 N–H and O–H groups in total. The van der Waals surface area contributed by atoms with Gasteiger partial charge < -0.3 is 5.32 Å². The van der Waals surface area contributed by atoms with Gasteiger partial charge >= 0.3 is 0 Å². The molecule has 0 saturated carbocycles. The van der Waals surface area contributed by atoms with Crippen LogP contribution in [0.1, 0.15) is 42.9 Å². The van der Waals surface area contributed by atoms with E-state index in [1.165, 1.54) is 5.56 Å². The minimum atomic E-state index is -0.0864. The molecule has 0 aromatic heterocycles. The van der Waals surface area contributed by atoms with Crippen LogP contribution in [0.3, 0.4) is 0 Å². The third kappa shape index (κ3) is 4.20. The van der Waals surface area contributed by atoms with Crippen LogP contribution in [-0.2, 0) is 11.3 Å². The van der Waals surface area contributed by atoms with E-state index >= 15 is 0 Å². The second-order valence-electron chi connectivity index (χ2n) is 5.98. The molecule has 2 heteroatoms. The fraction of sp³-hybridized carbons (Fsp3) is 0.350. The van der Waals surface area contributed by atoms with E-state index in [4.69, 9.17) is 0 Å². The highest BCUT2D eigenvalue weighted by molar-refractivity contribution is 5.83. The predicted octanol–water partition coefficient (Wildman–Crippen LogP) is 4.44. The minimum absolute atomic E-state index is 0.0864. The summed E-state index contributed by atoms with van der Waals surface area (Å²) >= 11 is 0. The zero-order chi connectivity index (χ0) is 15.9. The highest BCUT2D eigenvalue weighted by Crippen LogP contribution is 2.27. The van der Waals surface area contributed by atoms with Crippen molar-refractivity contribution in [3.05, 3.63) is 71.3 Å². The topological polar surface area (TPSA) is 29.1 Å². The van der Waals surface area contributed by atoms with Crippen molar-refractivity contribution in [1.29, 1.82) is 0 Å². The summed E-state index contributed by atoms with van der Waals surface area (Å²) in [6.07, 6.45) is 0.984. The molecule has 0 spiro atoms. The Morgan fingerprint density at radius 2 is 1.68 bits per heavy atom. The van der Waals surface area contributed by atoms with Gasteiger partial charge in [0.25, 0.3) is 0 Å². The fourth-order valence-electron chi connectivity index (χ4n) is 2.64. The van der Waals surface area contributed by atoms with Crippen LogP contribution < -0.4 is 5.32 Å². The lowest BCUT2D eigenvalue weighted by Crippen LogP contribution is -2.32. The van der Waals surface area contributed by atoms with Crippen LogP contribution in [0.4, 0.5) is 0 Å². The quantitative estimate of drug-likeness (QED) is 0.838. The summed E-state index contributed by atoms with van der Waals surface area (Å²) in [5.74, 6) is 0.346. The molecule has 1 amide bonds. The molecule has 2 aromatic carbocycles. The van der Waals surface area contributed by atoms with Crippen LogP contribution >= 0.6 is 0 Å². The highest BCUT2D eigenvalue weighted by Gasteiger charge is 2.25. The standard InChI is InChI=1S/C20H25NO/c1-4-16(3)19(18-8-6-5-7-9-18)20(22)21-14-17-12-10-15(2)11-13-17/h5-13,16,19H,4,14H2,1-3H3,(H,21,22)/t16-,19+/m0/s1. The van der Waals surface area contributed by atoms with Crippen molar-refractivity contribution in [2.45, 2.75) is 39.7 Å². The smallest absolute Gasteiger partial charge is 0.228 e. The molecule has 2 nitrogen and oxygen atoms in total. The fourth-order valence-corrected chi connectivity index (χ4v) is 2.64. The Morgan fingerprint density at radius 3 is 2.27 bits per heavy atom. The van der Waals surface area contributed by atoms with Gasteiger partial charge in [0.1, 0.15) is 0 Å². The van der Waals surface area contributed by atoms with Gasteiger partial charge in [-0.25, -0.2) is 0 Å². The molecule has 0 aliphatic carbocycles. The molecule has 0 fully saturated rings. The van der Waals surface area contributed by atoms with E-state index in [2.05, 4.69) is 50.4 Å². The predicted molar refractivity (Wildman–Crippen MR) is 91.7 cm³/mol. The molecule has 0 radical (unpaired) electrons. The molecule has 0 aliphatic heterocycles. The molecule has 116 valence electrons. The van der Waals surface area contributed by atoms with Gasteiger partial charge in [-0.3, -0.25) is 4.79 Å². The molecular weight excluding hydrogens is 270 g/mol. The lowest BCUT2D eigenvalue weighted by molar-refractivity contribution is -0.123. The molecule has 22 heavy (non-hydrogen) atoms. The SMILES string of the molecule is CC[C@H](C)[C@@H](C(=O)NCc1ccc(C)cc1)c1ccccc1. The van der Waals surface area contributed by atoms with Crippen molar-refractivity contribution in [2.75, 3.05) is 0 Å². The summed E-state index contributed by atoms with van der Waals surface area (Å²) < 4.78 is 0. The van der Waals surface area contributed by atoms with E-state index in [1.807, 2.05) is 30.3 Å². The largest absolute Gasteiger partial charge is 0.351 e. The number of carbonyl (C=O) groups is 1. The first-order valence-electron chi connectivity index (χ1n) is 8.00. The van der Waals surface area contributed by atoms with E-state index in [9.17, 15) is 4.79 Å². The third-order valence-corrected chi connectivity index (χ3v) is 4.24. The molecule has 0 heterocycles. The molecule has 2 aromatic rings. The van der Waals surface area contributed by atoms with Gasteiger partial charge in [0.05, 0.1) is 5.92 Å². The summed E-state index contributed by atoms with van der Waals surface area (Å²) in [4.78, 5) is 12.7. The lowest BCUT2D eigenvalue weighted by Gasteiger charge is -2.23. The number of amides is 1. The van der Waals surface area contributed by atoms with Crippen LogP contribution in [0.15, 0.2) is 54.6 Å². The maximum absolute atomic E-state index is 12.7. The van der Waals surface area contributed by atoms with Gasteiger partial charge in [0, 0.05) is 6.54 Å². The van der Waals surface area contributed by atoms with E-state index in [-0.39, 0.29) is 11.8 Å². The van der Waals surface area contributed by atoms with Gasteiger partial charge in [-0.15, -0.1) is 0 Å². The van der Waals surface area contributed by atoms with Crippen molar-refractivity contribution in [3.8, 4) is 0 Å². The molecule has 0 aliphatic rings. The zero-order valence-electron chi connectivity index (χ0n) is 13.7. The number of benzene rings is 2. The summed E-state index contributed by atoms with van der Waals surface area (Å²) in [6, 6.07) is 18.4. The van der Waals surface area contributed by atoms with Crippen LogP contribution in [-0.4, -0.2) is 5.91 Å². The number of carbonyl (C=O) groups excluding carboxylic acids is 1. The van der Waals surface area contributed by atoms with Crippen LogP contribution in [0, 0.1) is 12.8 Å². The first kappa shape index (κ1) is 16.3. The molecule has 2 rings (SSSR count). The summed E-state index contributed by atoms with van der Waals surface area (Å²) in [5, 5.41) is 3.09. The van der Waals surface area contributed by atoms with Crippen LogP contribution in [0.2, 0.25) is 0 Å². The molecule has 2 atom stereocenters. The Labute approximate surface area is 133 Å². The highest BCUT2D eigenvalue weighted by atomic mass is 16.1. The first-order valence-corrected chi connectivity index (χ1v) is 8.00. The van der Waals surface area contributed by atoms with Crippen LogP contribution in [0.5, 0.6) is 0 Å². The minimum Gasteiger partial charge on any atom is -0.351 e. The zero-order valence-corrected chi connectivity index (χ0v) is 13.7. The second-order valence-corrected chi connectivity index (χ2v) is 5.98. The normalized spacial score (nSPS) is 13.4. The van der Waals surface area contributed by atoms with Gasteiger partial charge in [0.2, 0.25) is 5.91 Å². The Balaban J connectivity index is 2.07. The third-order valence-electron chi connectivity index (χ3n) is 4.24. The van der Waals surface area contributed by atoms with Gasteiger partial charge in [-0.1, -0.05) is 80.4 Å². The summed E-state index contributed by atoms with van der Waals surface area (Å²) in [5.41, 5.74) is 3.46. The maximum atomic E-state index is 12.7. The number of rotatable bonds is 6. The second kappa shape index (κ2) is 7.79. The monoisotopic (exact) mass is 295 g/mol. The van der Waals surface area contributed by atoms with Crippen molar-refractivity contribution >= 4 is 5.91 Å². The van der Waals surface area contributed by atoms with E-state index < -0.39 is 0 Å². The average molecular weight is 295 g/mol. The van der Waals surface area contributed by atoms with E-state index in [0.717, 1.165) is 17.5 Å². The van der Waals surface area contributed by atoms with E-state index in [1.54, 1.807) is 0 Å². The van der Waals surface area contributed by atoms with Crippen molar-refractivity contribution in [2.24, 2.45) is 5.92 Å². The first-order chi connectivity index (χ1) is 10.6. The van der Waals surface area contributed by atoms with Crippen LogP contribution in [0.25, 0.3) is 0 Å². The van der Waals surface area contributed by atoms with Gasteiger partial charge in [0.15, 0.2) is 0 Å². The Hall–Kier alpha value is -2.09. The number of nitrogens with one attached hydrogen (secondary N) is 1. The van der Waals surface area contributed by atoms with Crippen molar-refractivity contribution in [3.63, 3.8) is 0 Å². The van der Waals surface area contributed by atoms with Gasteiger partial charge in [-0.05, 0) is 24.0 Å². The lowest BCUT2D eigenvalue weighted by atomic mass is 9.85. The average Bonchev–Trinajstić information content (AvgIpc) is 2.55. The Morgan fingerprint density at radius 1 is 1.05 bits per heavy atom. The van der Waals surface area contributed by atoms with Gasteiger partial charge in [-0.2, -0.15) is 0 Å². The number of hydrogen-bond acceptors (Lipinski definition) is 1. The molecule has 0 unspecified atom stereocenters. The van der Waals surface area contributed by atoms with Crippen molar-refractivity contribution < 1.29 is 4.79 Å². The molecule has 0 saturated heterocycles. The number of aryl methyl sites for hydroxylation is 1. The Bertz CT molecular complexity index is 589. The Kier molecular flexibility index (Phi) is 5.76. The maximum Gasteiger partial charge on any atom is 0.228 e. The summed E-state index contributed by atoms with van der Waals surface area (Å²) in [7, 11) is 0. The van der Waals surface area contributed by atoms with Crippen molar-refractivity contribution in [1.82, 2.24) is 5.32 Å². The molecule has 0 bridgehead atoms. The van der Waals surface area contributed by atoms with E-state index in [0.29, 0.717) is 12.5 Å².